The van der Waals surface area contributed by atoms with Gasteiger partial charge in [0.25, 0.3) is 5.91 Å². The number of likely N-dealkylation sites (tertiary alicyclic amines) is 1. The van der Waals surface area contributed by atoms with Gasteiger partial charge >= 0.3 is 0 Å². The monoisotopic (exact) mass is 344 g/mol. The van der Waals surface area contributed by atoms with Crippen LogP contribution in [0, 0.1) is 5.92 Å². The van der Waals surface area contributed by atoms with Crippen LogP contribution >= 0.6 is 0 Å². The van der Waals surface area contributed by atoms with Crippen LogP contribution in [0.5, 0.6) is 0 Å². The lowest BCUT2D eigenvalue weighted by Crippen LogP contribution is -2.42. The molecule has 3 heterocycles. The zero-order valence-corrected chi connectivity index (χ0v) is 15.2. The molecule has 0 aliphatic carbocycles. The molecule has 7 nitrogen and oxygen atoms in total. The molecule has 1 atom stereocenters. The Morgan fingerprint density at radius 1 is 1.36 bits per heavy atom. The summed E-state index contributed by atoms with van der Waals surface area (Å²) in [5.41, 5.74) is 8.08. The van der Waals surface area contributed by atoms with E-state index in [1.54, 1.807) is 10.7 Å². The number of fused-ring (bicyclic) bond motifs is 1. The molecule has 1 aliphatic heterocycles. The molecule has 1 amide bonds. The second kappa shape index (κ2) is 7.93. The first-order valence-corrected chi connectivity index (χ1v) is 9.20. The lowest BCUT2D eigenvalue weighted by molar-refractivity contribution is 0.0680. The summed E-state index contributed by atoms with van der Waals surface area (Å²) in [7, 11) is 0. The minimum atomic E-state index is 0.0112. The van der Waals surface area contributed by atoms with Gasteiger partial charge in [-0.2, -0.15) is 5.10 Å². The fraction of sp³-hybridized carbons (Fsp3) is 0.611. The fourth-order valence-corrected chi connectivity index (χ4v) is 3.46. The third-order valence-electron chi connectivity index (χ3n) is 5.08. The van der Waals surface area contributed by atoms with Gasteiger partial charge in [0.15, 0.2) is 5.65 Å². The zero-order chi connectivity index (χ0) is 17.8. The van der Waals surface area contributed by atoms with E-state index in [1.165, 1.54) is 0 Å². The Morgan fingerprint density at radius 2 is 2.16 bits per heavy atom. The van der Waals surface area contributed by atoms with Gasteiger partial charge in [-0.3, -0.25) is 9.69 Å². The number of piperidine rings is 1. The van der Waals surface area contributed by atoms with Crippen LogP contribution in [0.2, 0.25) is 0 Å². The predicted molar refractivity (Wildman–Crippen MR) is 97.3 cm³/mol. The van der Waals surface area contributed by atoms with Gasteiger partial charge in [-0.25, -0.2) is 9.50 Å². The third kappa shape index (κ3) is 3.82. The van der Waals surface area contributed by atoms with Crippen molar-refractivity contribution in [3.05, 3.63) is 29.7 Å². The van der Waals surface area contributed by atoms with E-state index < -0.39 is 0 Å². The van der Waals surface area contributed by atoms with Gasteiger partial charge in [-0.05, 0) is 38.4 Å². The molecule has 2 N–H and O–H groups in total. The first-order chi connectivity index (χ1) is 12.2. The van der Waals surface area contributed by atoms with Crippen molar-refractivity contribution >= 4 is 11.6 Å². The highest BCUT2D eigenvalue weighted by Gasteiger charge is 2.26. The van der Waals surface area contributed by atoms with E-state index in [-0.39, 0.29) is 5.91 Å². The van der Waals surface area contributed by atoms with E-state index in [0.717, 1.165) is 51.1 Å². The van der Waals surface area contributed by atoms with Crippen molar-refractivity contribution in [2.24, 2.45) is 11.7 Å². The number of nitrogens with two attached hydrogens (primary N) is 1. The Bertz CT molecular complexity index is 723. The van der Waals surface area contributed by atoms with Crippen LogP contribution in [0.25, 0.3) is 5.65 Å². The van der Waals surface area contributed by atoms with Crippen molar-refractivity contribution in [2.45, 2.75) is 33.2 Å². The summed E-state index contributed by atoms with van der Waals surface area (Å²) in [6.07, 6.45) is 7.56. The number of carbonyl (C=O) groups is 1. The number of rotatable bonds is 6. The molecular formula is C18H28N6O. The van der Waals surface area contributed by atoms with E-state index in [2.05, 4.69) is 28.8 Å². The maximum absolute atomic E-state index is 12.9. The standard InChI is InChI=1S/C18H28N6O/c1-3-22(4-2)11-15-9-20-17-16(10-21-24(17)13-15)18(25)23-7-5-6-14(8-19)12-23/h9-10,13-14H,3-8,11-12,19H2,1-2H3/t14-/m1/s1. The smallest absolute Gasteiger partial charge is 0.259 e. The van der Waals surface area contributed by atoms with Crippen molar-refractivity contribution in [3.8, 4) is 0 Å². The number of amides is 1. The van der Waals surface area contributed by atoms with Crippen molar-refractivity contribution < 1.29 is 4.79 Å². The quantitative estimate of drug-likeness (QED) is 0.856. The molecule has 2 aromatic rings. The molecule has 136 valence electrons. The van der Waals surface area contributed by atoms with Gasteiger partial charge in [0, 0.05) is 37.6 Å². The second-order valence-corrected chi connectivity index (χ2v) is 6.75. The Morgan fingerprint density at radius 3 is 2.88 bits per heavy atom. The first-order valence-electron chi connectivity index (χ1n) is 9.20. The Kier molecular flexibility index (Phi) is 5.65. The van der Waals surface area contributed by atoms with Crippen molar-refractivity contribution in [2.75, 3.05) is 32.7 Å². The Labute approximate surface area is 148 Å². The minimum Gasteiger partial charge on any atom is -0.338 e. The van der Waals surface area contributed by atoms with Crippen molar-refractivity contribution in [3.63, 3.8) is 0 Å². The molecule has 0 bridgehead atoms. The molecule has 7 heteroatoms. The Hall–Kier alpha value is -1.99. The van der Waals surface area contributed by atoms with Crippen LogP contribution in [0.15, 0.2) is 18.6 Å². The lowest BCUT2D eigenvalue weighted by Gasteiger charge is -2.31. The first kappa shape index (κ1) is 17.8. The second-order valence-electron chi connectivity index (χ2n) is 6.75. The van der Waals surface area contributed by atoms with E-state index in [9.17, 15) is 4.79 Å². The molecule has 0 unspecified atom stereocenters. The van der Waals surface area contributed by atoms with Crippen molar-refractivity contribution in [1.82, 2.24) is 24.4 Å². The van der Waals surface area contributed by atoms with Crippen molar-refractivity contribution in [1.29, 1.82) is 0 Å². The normalized spacial score (nSPS) is 18.2. The van der Waals surface area contributed by atoms with Crippen LogP contribution in [-0.4, -0.2) is 63.0 Å². The molecular weight excluding hydrogens is 316 g/mol. The highest BCUT2D eigenvalue weighted by molar-refractivity contribution is 5.99. The van der Waals surface area contributed by atoms with Gasteiger partial charge in [-0.15, -0.1) is 0 Å². The van der Waals surface area contributed by atoms with Gasteiger partial charge in [-0.1, -0.05) is 13.8 Å². The molecule has 0 radical (unpaired) electrons. The largest absolute Gasteiger partial charge is 0.338 e. The van der Waals surface area contributed by atoms with E-state index >= 15 is 0 Å². The Balaban J connectivity index is 1.79. The average Bonchev–Trinajstić information content (AvgIpc) is 3.08. The molecule has 1 fully saturated rings. The minimum absolute atomic E-state index is 0.0112. The summed E-state index contributed by atoms with van der Waals surface area (Å²) in [5, 5.41) is 4.36. The van der Waals surface area contributed by atoms with Crippen LogP contribution in [0.4, 0.5) is 0 Å². The van der Waals surface area contributed by atoms with Crippen LogP contribution in [0.3, 0.4) is 0 Å². The highest BCUT2D eigenvalue weighted by Crippen LogP contribution is 2.19. The number of nitrogens with zero attached hydrogens (tertiary/aromatic N) is 5. The molecule has 1 saturated heterocycles. The third-order valence-corrected chi connectivity index (χ3v) is 5.08. The molecule has 0 aromatic carbocycles. The molecule has 25 heavy (non-hydrogen) atoms. The zero-order valence-electron chi connectivity index (χ0n) is 15.2. The van der Waals surface area contributed by atoms with Gasteiger partial charge in [0.1, 0.15) is 5.56 Å². The number of hydrogen-bond acceptors (Lipinski definition) is 5. The molecule has 1 aliphatic rings. The van der Waals surface area contributed by atoms with Gasteiger partial charge < -0.3 is 10.6 Å². The van der Waals surface area contributed by atoms with E-state index in [4.69, 9.17) is 5.73 Å². The van der Waals surface area contributed by atoms with E-state index in [0.29, 0.717) is 23.7 Å². The summed E-state index contributed by atoms with van der Waals surface area (Å²) in [6, 6.07) is 0. The lowest BCUT2D eigenvalue weighted by atomic mass is 9.98. The highest BCUT2D eigenvalue weighted by atomic mass is 16.2. The van der Waals surface area contributed by atoms with Gasteiger partial charge in [0.05, 0.1) is 6.20 Å². The van der Waals surface area contributed by atoms with Crippen LogP contribution < -0.4 is 5.73 Å². The summed E-state index contributed by atoms with van der Waals surface area (Å²) >= 11 is 0. The average molecular weight is 344 g/mol. The summed E-state index contributed by atoms with van der Waals surface area (Å²) in [4.78, 5) is 21.6. The number of aromatic nitrogens is 3. The van der Waals surface area contributed by atoms with Gasteiger partial charge in [0.2, 0.25) is 0 Å². The van der Waals surface area contributed by atoms with Crippen LogP contribution in [0.1, 0.15) is 42.6 Å². The van der Waals surface area contributed by atoms with Crippen LogP contribution in [-0.2, 0) is 6.54 Å². The topological polar surface area (TPSA) is 79.8 Å². The molecule has 3 rings (SSSR count). The molecule has 0 saturated carbocycles. The number of hydrogen-bond donors (Lipinski definition) is 1. The fourth-order valence-electron chi connectivity index (χ4n) is 3.46. The molecule has 2 aromatic heterocycles. The number of carbonyl (C=O) groups excluding carboxylic acids is 1. The predicted octanol–water partition coefficient (Wildman–Crippen LogP) is 1.38. The van der Waals surface area contributed by atoms with E-state index in [1.807, 2.05) is 17.3 Å². The summed E-state index contributed by atoms with van der Waals surface area (Å²) in [5.74, 6) is 0.408. The summed E-state index contributed by atoms with van der Waals surface area (Å²) < 4.78 is 1.72. The molecule has 0 spiro atoms. The summed E-state index contributed by atoms with van der Waals surface area (Å²) in [6.45, 7) is 9.26. The maximum Gasteiger partial charge on any atom is 0.259 e. The SMILES string of the molecule is CCN(CC)Cc1cnc2c(C(=O)N3CCC[C@H](CN)C3)cnn2c1. The maximum atomic E-state index is 12.9.